The minimum atomic E-state index is 0.675. The van der Waals surface area contributed by atoms with Crippen molar-refractivity contribution < 1.29 is 4.79 Å². The van der Waals surface area contributed by atoms with E-state index in [-0.39, 0.29) is 0 Å². The molecule has 11 heavy (non-hydrogen) atoms. The molecule has 1 aliphatic rings. The highest BCUT2D eigenvalue weighted by atomic mass is 32.1. The van der Waals surface area contributed by atoms with Crippen LogP contribution in [0.4, 0.5) is 5.13 Å². The van der Waals surface area contributed by atoms with E-state index in [9.17, 15) is 4.79 Å². The number of fused-ring (bicyclic) bond motifs is 1. The number of nitrogens with zero attached hydrogens (tertiary/aromatic N) is 1. The summed E-state index contributed by atoms with van der Waals surface area (Å²) >= 11 is 1.59. The minimum absolute atomic E-state index is 0.675. The molecule has 58 valence electrons. The van der Waals surface area contributed by atoms with E-state index >= 15 is 0 Å². The van der Waals surface area contributed by atoms with Crippen LogP contribution in [0.5, 0.6) is 0 Å². The van der Waals surface area contributed by atoms with E-state index in [1.165, 1.54) is 17.0 Å². The Morgan fingerprint density at radius 1 is 1.55 bits per heavy atom. The topological polar surface area (TPSA) is 42.0 Å². The van der Waals surface area contributed by atoms with Gasteiger partial charge in [-0.3, -0.25) is 4.79 Å². The molecule has 0 aromatic carbocycles. The summed E-state index contributed by atoms with van der Waals surface area (Å²) in [5.74, 6) is 0. The van der Waals surface area contributed by atoms with Gasteiger partial charge in [0.2, 0.25) is 6.41 Å². The third-order valence-corrected chi connectivity index (χ3v) is 2.87. The Morgan fingerprint density at radius 2 is 2.45 bits per heavy atom. The molecule has 2 rings (SSSR count). The van der Waals surface area contributed by atoms with Gasteiger partial charge in [0, 0.05) is 4.88 Å². The number of aromatic nitrogens is 1. The van der Waals surface area contributed by atoms with E-state index in [0.29, 0.717) is 6.41 Å². The molecule has 1 aromatic heterocycles. The Kier molecular flexibility index (Phi) is 1.62. The fraction of sp³-hybridized carbons (Fsp3) is 0.429. The second kappa shape index (κ2) is 2.62. The molecule has 0 spiro atoms. The van der Waals surface area contributed by atoms with E-state index in [1.807, 2.05) is 0 Å². The molecule has 0 saturated heterocycles. The van der Waals surface area contributed by atoms with Gasteiger partial charge in [0.25, 0.3) is 0 Å². The molecule has 0 atom stereocenters. The van der Waals surface area contributed by atoms with Gasteiger partial charge in [-0.05, 0) is 19.3 Å². The summed E-state index contributed by atoms with van der Waals surface area (Å²) in [6.07, 6.45) is 4.10. The molecule has 3 nitrogen and oxygen atoms in total. The van der Waals surface area contributed by atoms with Crippen molar-refractivity contribution in [2.24, 2.45) is 0 Å². The van der Waals surface area contributed by atoms with Gasteiger partial charge >= 0.3 is 0 Å². The van der Waals surface area contributed by atoms with Crippen molar-refractivity contribution in [1.29, 1.82) is 0 Å². The Bertz CT molecular complexity index is 260. The number of rotatable bonds is 2. The molecule has 1 aromatic rings. The standard InChI is InChI=1S/C7H8N2OS/c10-4-8-7-9-5-2-1-3-6(5)11-7/h4H,1-3H2,(H,8,9,10). The van der Waals surface area contributed by atoms with E-state index < -0.39 is 0 Å². The number of carbonyl (C=O) groups is 1. The van der Waals surface area contributed by atoms with E-state index in [2.05, 4.69) is 10.3 Å². The molecule has 0 aliphatic heterocycles. The number of thiazole rings is 1. The highest BCUT2D eigenvalue weighted by Crippen LogP contribution is 2.29. The molecule has 1 N–H and O–H groups in total. The molecule has 1 heterocycles. The molecule has 0 radical (unpaired) electrons. The predicted octanol–water partition coefficient (Wildman–Crippen LogP) is 1.20. The third-order valence-electron chi connectivity index (χ3n) is 1.78. The number of carbonyl (C=O) groups excluding carboxylic acids is 1. The summed E-state index contributed by atoms with van der Waals surface area (Å²) in [5, 5.41) is 3.30. The third kappa shape index (κ3) is 1.14. The van der Waals surface area contributed by atoms with Crippen LogP contribution in [-0.4, -0.2) is 11.4 Å². The van der Waals surface area contributed by atoms with Crippen LogP contribution in [0.3, 0.4) is 0 Å². The van der Waals surface area contributed by atoms with Gasteiger partial charge in [-0.25, -0.2) is 4.98 Å². The van der Waals surface area contributed by atoms with Crippen molar-refractivity contribution >= 4 is 22.9 Å². The normalized spacial score (nSPS) is 14.5. The second-order valence-corrected chi connectivity index (χ2v) is 3.59. The molecule has 0 bridgehead atoms. The van der Waals surface area contributed by atoms with Gasteiger partial charge in [-0.1, -0.05) is 0 Å². The lowest BCUT2D eigenvalue weighted by atomic mass is 10.4. The highest BCUT2D eigenvalue weighted by molar-refractivity contribution is 7.15. The highest BCUT2D eigenvalue weighted by Gasteiger charge is 2.15. The van der Waals surface area contributed by atoms with Crippen LogP contribution in [0.25, 0.3) is 0 Å². The zero-order valence-corrected chi connectivity index (χ0v) is 6.78. The van der Waals surface area contributed by atoms with Gasteiger partial charge in [0.05, 0.1) is 5.69 Å². The number of aryl methyl sites for hydroxylation is 2. The van der Waals surface area contributed by atoms with Crippen LogP contribution >= 0.6 is 11.3 Å². The van der Waals surface area contributed by atoms with Gasteiger partial charge in [-0.2, -0.15) is 0 Å². The van der Waals surface area contributed by atoms with Gasteiger partial charge in [0.15, 0.2) is 5.13 Å². The molecule has 1 amide bonds. The Balaban J connectivity index is 2.27. The average molecular weight is 168 g/mol. The van der Waals surface area contributed by atoms with Crippen molar-refractivity contribution in [3.05, 3.63) is 10.6 Å². The molecular weight excluding hydrogens is 160 g/mol. The summed E-state index contributed by atoms with van der Waals surface area (Å²) < 4.78 is 0. The van der Waals surface area contributed by atoms with E-state index in [4.69, 9.17) is 0 Å². The van der Waals surface area contributed by atoms with Crippen molar-refractivity contribution in [2.45, 2.75) is 19.3 Å². The van der Waals surface area contributed by atoms with Gasteiger partial charge < -0.3 is 5.32 Å². The number of anilines is 1. The quantitative estimate of drug-likeness (QED) is 0.674. The van der Waals surface area contributed by atoms with Crippen molar-refractivity contribution in [3.63, 3.8) is 0 Å². The van der Waals surface area contributed by atoms with Crippen molar-refractivity contribution in [1.82, 2.24) is 4.98 Å². The number of amides is 1. The number of hydrogen-bond acceptors (Lipinski definition) is 3. The molecule has 0 saturated carbocycles. The van der Waals surface area contributed by atoms with E-state index in [1.54, 1.807) is 11.3 Å². The zero-order chi connectivity index (χ0) is 7.68. The number of hydrogen-bond donors (Lipinski definition) is 1. The van der Waals surface area contributed by atoms with Crippen LogP contribution in [0, 0.1) is 0 Å². The average Bonchev–Trinajstić information content (AvgIpc) is 2.46. The largest absolute Gasteiger partial charge is 0.305 e. The molecule has 0 fully saturated rings. The fourth-order valence-electron chi connectivity index (χ4n) is 1.30. The Morgan fingerprint density at radius 3 is 3.18 bits per heavy atom. The van der Waals surface area contributed by atoms with E-state index in [0.717, 1.165) is 18.0 Å². The van der Waals surface area contributed by atoms with Crippen LogP contribution < -0.4 is 5.32 Å². The van der Waals surface area contributed by atoms with Crippen molar-refractivity contribution in [3.8, 4) is 0 Å². The maximum absolute atomic E-state index is 10.1. The smallest absolute Gasteiger partial charge is 0.213 e. The first-order valence-corrected chi connectivity index (χ1v) is 4.40. The minimum Gasteiger partial charge on any atom is -0.305 e. The summed E-state index contributed by atoms with van der Waals surface area (Å²) in [6, 6.07) is 0. The Labute approximate surface area is 68.5 Å². The summed E-state index contributed by atoms with van der Waals surface area (Å²) in [4.78, 5) is 15.7. The lowest BCUT2D eigenvalue weighted by Crippen LogP contribution is -1.92. The maximum Gasteiger partial charge on any atom is 0.213 e. The second-order valence-electron chi connectivity index (χ2n) is 2.50. The molecule has 4 heteroatoms. The zero-order valence-electron chi connectivity index (χ0n) is 5.96. The lowest BCUT2D eigenvalue weighted by Gasteiger charge is -1.87. The van der Waals surface area contributed by atoms with Gasteiger partial charge in [0.1, 0.15) is 0 Å². The first-order chi connectivity index (χ1) is 5.40. The van der Waals surface area contributed by atoms with Gasteiger partial charge in [-0.15, -0.1) is 11.3 Å². The van der Waals surface area contributed by atoms with Crippen LogP contribution in [0.2, 0.25) is 0 Å². The SMILES string of the molecule is O=CNc1nc2c(s1)CCC2. The fourth-order valence-corrected chi connectivity index (χ4v) is 2.31. The lowest BCUT2D eigenvalue weighted by molar-refractivity contribution is -0.105. The monoisotopic (exact) mass is 168 g/mol. The number of nitrogens with one attached hydrogen (secondary N) is 1. The first kappa shape index (κ1) is 6.79. The van der Waals surface area contributed by atoms with Crippen LogP contribution in [-0.2, 0) is 17.6 Å². The summed E-state index contributed by atoms with van der Waals surface area (Å²) in [7, 11) is 0. The maximum atomic E-state index is 10.1. The predicted molar refractivity (Wildman–Crippen MR) is 43.8 cm³/mol. The summed E-state index contributed by atoms with van der Waals surface area (Å²) in [5.41, 5.74) is 1.18. The molecule has 1 aliphatic carbocycles. The Hall–Kier alpha value is -0.900. The first-order valence-electron chi connectivity index (χ1n) is 3.59. The molecular formula is C7H8N2OS. The van der Waals surface area contributed by atoms with Crippen molar-refractivity contribution in [2.75, 3.05) is 5.32 Å². The molecule has 0 unspecified atom stereocenters. The van der Waals surface area contributed by atoms with Crippen LogP contribution in [0.1, 0.15) is 17.0 Å². The summed E-state index contributed by atoms with van der Waals surface area (Å²) in [6.45, 7) is 0. The van der Waals surface area contributed by atoms with Crippen LogP contribution in [0.15, 0.2) is 0 Å².